The summed E-state index contributed by atoms with van der Waals surface area (Å²) in [5, 5.41) is 0.445. The topological polar surface area (TPSA) is 37.4 Å². The smallest absolute Gasteiger partial charge is 0.246 e. The van der Waals surface area contributed by atoms with Crippen LogP contribution in [-0.4, -0.2) is 17.6 Å². The van der Waals surface area contributed by atoms with E-state index in [9.17, 15) is 14.0 Å². The number of anilines is 1. The molecule has 1 aliphatic heterocycles. The van der Waals surface area contributed by atoms with E-state index in [0.717, 1.165) is 0 Å². The first-order valence-electron chi connectivity index (χ1n) is 7.61. The van der Waals surface area contributed by atoms with Crippen molar-refractivity contribution in [1.29, 1.82) is 0 Å². The Bertz CT molecular complexity index is 972. The predicted octanol–water partition coefficient (Wildman–Crippen LogP) is 4.26. The van der Waals surface area contributed by atoms with Crippen LogP contribution in [0.15, 0.2) is 48.7 Å². The second-order valence-electron chi connectivity index (χ2n) is 6.18. The fourth-order valence-electron chi connectivity index (χ4n) is 3.86. The summed E-state index contributed by atoms with van der Waals surface area (Å²) < 4.78 is 13.6. The number of nitrogens with zero attached hydrogens (tertiary/aromatic N) is 1. The summed E-state index contributed by atoms with van der Waals surface area (Å²) >= 11 is 11.9. The quantitative estimate of drug-likeness (QED) is 0.698. The molecule has 0 N–H and O–H groups in total. The summed E-state index contributed by atoms with van der Waals surface area (Å²) in [5.41, 5.74) is 1.35. The number of carbonyl (C=O) groups excluding carboxylic acids is 2. The lowest BCUT2D eigenvalue weighted by molar-refractivity contribution is -0.115. The van der Waals surface area contributed by atoms with Crippen molar-refractivity contribution in [2.24, 2.45) is 0 Å². The van der Waals surface area contributed by atoms with Crippen LogP contribution in [-0.2, 0) is 16.6 Å². The van der Waals surface area contributed by atoms with E-state index in [-0.39, 0.29) is 24.0 Å². The summed E-state index contributed by atoms with van der Waals surface area (Å²) in [5.74, 6) is -1.23. The molecule has 0 fully saturated rings. The van der Waals surface area contributed by atoms with Crippen LogP contribution in [0.1, 0.15) is 21.5 Å². The molecule has 0 saturated carbocycles. The summed E-state index contributed by atoms with van der Waals surface area (Å²) in [6, 6.07) is 9.08. The highest BCUT2D eigenvalue weighted by molar-refractivity contribution is 6.32. The molecule has 1 aliphatic carbocycles. The Kier molecular flexibility index (Phi) is 3.53. The van der Waals surface area contributed by atoms with Gasteiger partial charge in [0, 0.05) is 16.3 Å². The van der Waals surface area contributed by atoms with Gasteiger partial charge in [-0.25, -0.2) is 4.39 Å². The van der Waals surface area contributed by atoms with E-state index in [1.54, 1.807) is 18.2 Å². The number of halogens is 3. The van der Waals surface area contributed by atoms with Gasteiger partial charge in [-0.3, -0.25) is 14.5 Å². The summed E-state index contributed by atoms with van der Waals surface area (Å²) in [6.07, 6.45) is 0.233. The summed E-state index contributed by atoms with van der Waals surface area (Å²) in [7, 11) is 0. The van der Waals surface area contributed by atoms with Crippen molar-refractivity contribution in [2.75, 3.05) is 10.8 Å². The van der Waals surface area contributed by atoms with Gasteiger partial charge in [0.25, 0.3) is 0 Å². The molecular weight excluding hydrogens is 364 g/mol. The molecule has 0 bridgehead atoms. The average molecular weight is 376 g/mol. The number of hydrogen-bond donors (Lipinski definition) is 0. The van der Waals surface area contributed by atoms with Gasteiger partial charge >= 0.3 is 0 Å². The SMILES string of the molecule is C=C1N(C(=O)CCl)c2ccc(Cl)cc2C12Cc1cc(F)ccc1C2=O. The zero-order valence-corrected chi connectivity index (χ0v) is 14.5. The Morgan fingerprint density at radius 2 is 2.04 bits per heavy atom. The third-order valence-electron chi connectivity index (χ3n) is 4.94. The van der Waals surface area contributed by atoms with Crippen LogP contribution in [0.5, 0.6) is 0 Å². The molecule has 2 aliphatic rings. The van der Waals surface area contributed by atoms with Crippen LogP contribution in [0.4, 0.5) is 10.1 Å². The molecule has 0 radical (unpaired) electrons. The standard InChI is InChI=1S/C19H12Cl2FNO2/c1-10-19(8-11-6-13(22)3-4-14(11)18(19)25)15-7-12(21)2-5-16(15)23(10)17(24)9-20/h2-7H,1,8-9H2. The van der Waals surface area contributed by atoms with Crippen molar-refractivity contribution in [3.8, 4) is 0 Å². The first-order valence-corrected chi connectivity index (χ1v) is 8.53. The molecule has 0 aromatic heterocycles. The van der Waals surface area contributed by atoms with E-state index >= 15 is 0 Å². The number of ketones is 1. The zero-order valence-electron chi connectivity index (χ0n) is 13.0. The molecule has 25 heavy (non-hydrogen) atoms. The van der Waals surface area contributed by atoms with Gasteiger partial charge in [-0.1, -0.05) is 18.2 Å². The zero-order chi connectivity index (χ0) is 17.9. The maximum Gasteiger partial charge on any atom is 0.246 e. The lowest BCUT2D eigenvalue weighted by Gasteiger charge is -2.26. The van der Waals surface area contributed by atoms with E-state index < -0.39 is 11.2 Å². The van der Waals surface area contributed by atoms with Gasteiger partial charge in [0.1, 0.15) is 17.1 Å². The number of benzene rings is 2. The number of carbonyl (C=O) groups is 2. The molecule has 0 saturated heterocycles. The Hall–Kier alpha value is -2.17. The molecule has 2 aromatic carbocycles. The van der Waals surface area contributed by atoms with Gasteiger partial charge < -0.3 is 0 Å². The van der Waals surface area contributed by atoms with E-state index in [1.807, 2.05) is 0 Å². The van der Waals surface area contributed by atoms with Crippen LogP contribution >= 0.6 is 23.2 Å². The Morgan fingerprint density at radius 1 is 1.28 bits per heavy atom. The average Bonchev–Trinajstić information content (AvgIpc) is 3.01. The van der Waals surface area contributed by atoms with Gasteiger partial charge in [0.2, 0.25) is 5.91 Å². The van der Waals surface area contributed by atoms with Gasteiger partial charge in [0.05, 0.1) is 5.69 Å². The van der Waals surface area contributed by atoms with Crippen molar-refractivity contribution < 1.29 is 14.0 Å². The maximum absolute atomic E-state index is 13.6. The Morgan fingerprint density at radius 3 is 2.76 bits per heavy atom. The molecule has 126 valence electrons. The van der Waals surface area contributed by atoms with Crippen LogP contribution < -0.4 is 4.90 Å². The second kappa shape index (κ2) is 5.41. The summed E-state index contributed by atoms with van der Waals surface area (Å²) in [6.45, 7) is 4.03. The largest absolute Gasteiger partial charge is 0.293 e. The molecule has 3 nitrogen and oxygen atoms in total. The minimum Gasteiger partial charge on any atom is -0.293 e. The lowest BCUT2D eigenvalue weighted by Crippen LogP contribution is -2.38. The van der Waals surface area contributed by atoms with Crippen molar-refractivity contribution in [3.63, 3.8) is 0 Å². The monoisotopic (exact) mass is 375 g/mol. The highest BCUT2D eigenvalue weighted by Gasteiger charge is 2.57. The lowest BCUT2D eigenvalue weighted by atomic mass is 9.76. The van der Waals surface area contributed by atoms with Crippen LogP contribution in [0.2, 0.25) is 5.02 Å². The minimum absolute atomic E-state index is 0.208. The van der Waals surface area contributed by atoms with E-state index in [1.165, 1.54) is 23.1 Å². The molecule has 1 amide bonds. The van der Waals surface area contributed by atoms with E-state index in [0.29, 0.717) is 33.1 Å². The molecule has 1 spiro atoms. The molecule has 1 unspecified atom stereocenters. The van der Waals surface area contributed by atoms with E-state index in [2.05, 4.69) is 6.58 Å². The minimum atomic E-state index is -1.15. The normalized spacial score (nSPS) is 21.0. The number of rotatable bonds is 1. The Balaban J connectivity index is 1.98. The highest BCUT2D eigenvalue weighted by Crippen LogP contribution is 2.54. The van der Waals surface area contributed by atoms with Gasteiger partial charge in [-0.15, -0.1) is 11.6 Å². The van der Waals surface area contributed by atoms with Crippen LogP contribution in [0, 0.1) is 5.82 Å². The summed E-state index contributed by atoms with van der Waals surface area (Å²) in [4.78, 5) is 27.0. The van der Waals surface area contributed by atoms with Crippen molar-refractivity contribution in [2.45, 2.75) is 11.8 Å². The first kappa shape index (κ1) is 16.3. The van der Waals surface area contributed by atoms with Crippen LogP contribution in [0.3, 0.4) is 0 Å². The number of fused-ring (bicyclic) bond motifs is 3. The predicted molar refractivity (Wildman–Crippen MR) is 94.9 cm³/mol. The van der Waals surface area contributed by atoms with Crippen LogP contribution in [0.25, 0.3) is 0 Å². The molecule has 2 aromatic rings. The highest BCUT2D eigenvalue weighted by atomic mass is 35.5. The van der Waals surface area contributed by atoms with Crippen molar-refractivity contribution in [1.82, 2.24) is 0 Å². The number of hydrogen-bond acceptors (Lipinski definition) is 2. The van der Waals surface area contributed by atoms with Crippen molar-refractivity contribution in [3.05, 3.63) is 76.2 Å². The molecule has 6 heteroatoms. The third kappa shape index (κ3) is 2.04. The Labute approximate surface area is 153 Å². The third-order valence-corrected chi connectivity index (χ3v) is 5.40. The first-order chi connectivity index (χ1) is 11.9. The van der Waals surface area contributed by atoms with Gasteiger partial charge in [0.15, 0.2) is 5.78 Å². The fraction of sp³-hybridized carbons (Fsp3) is 0.158. The van der Waals surface area contributed by atoms with Gasteiger partial charge in [-0.2, -0.15) is 0 Å². The number of allylic oxidation sites excluding steroid dienone is 1. The van der Waals surface area contributed by atoms with Gasteiger partial charge in [-0.05, 0) is 53.9 Å². The number of Topliss-reactive ketones (excluding diaryl/α,β-unsaturated/α-hetero) is 1. The molecular formula is C19H12Cl2FNO2. The second-order valence-corrected chi connectivity index (χ2v) is 6.89. The number of amides is 1. The molecule has 4 rings (SSSR count). The fourth-order valence-corrected chi connectivity index (χ4v) is 4.15. The number of alkyl halides is 1. The molecule has 1 atom stereocenters. The van der Waals surface area contributed by atoms with Crippen molar-refractivity contribution >= 4 is 40.6 Å². The maximum atomic E-state index is 13.6. The molecule has 1 heterocycles. The van der Waals surface area contributed by atoms with E-state index in [4.69, 9.17) is 23.2 Å².